The normalized spacial score (nSPS) is 13.0. The molecule has 148 valence electrons. The number of rotatable bonds is 7. The third-order valence-corrected chi connectivity index (χ3v) is 4.49. The van der Waals surface area contributed by atoms with Crippen LogP contribution in [0.2, 0.25) is 0 Å². The third-order valence-electron chi connectivity index (χ3n) is 4.49. The van der Waals surface area contributed by atoms with Gasteiger partial charge in [-0.05, 0) is 66.6 Å². The van der Waals surface area contributed by atoms with E-state index in [4.69, 9.17) is 4.74 Å². The minimum atomic E-state index is -2.91. The summed E-state index contributed by atoms with van der Waals surface area (Å²) >= 11 is 0. The van der Waals surface area contributed by atoms with Gasteiger partial charge in [0.2, 0.25) is 0 Å². The maximum Gasteiger partial charge on any atom is 0.387 e. The van der Waals surface area contributed by atoms with Crippen molar-refractivity contribution in [3.8, 4) is 5.75 Å². The predicted octanol–water partition coefficient (Wildman–Crippen LogP) is 3.89. The molecular weight excluding hydrogens is 368 g/mol. The SMILES string of the molecule is O=C(COC(=O)Cc1ccc2c(c1)CCCC2)Nc1ccc(OC(F)F)cc1. The number of carbonyl (C=O) groups is 2. The first kappa shape index (κ1) is 19.8. The molecule has 0 aromatic heterocycles. The van der Waals surface area contributed by atoms with E-state index in [-0.39, 0.29) is 12.2 Å². The van der Waals surface area contributed by atoms with Crippen LogP contribution in [-0.2, 0) is 33.6 Å². The zero-order chi connectivity index (χ0) is 19.9. The molecule has 0 saturated heterocycles. The summed E-state index contributed by atoms with van der Waals surface area (Å²) in [6.45, 7) is -3.33. The number of esters is 1. The number of benzene rings is 2. The molecule has 0 bridgehead atoms. The van der Waals surface area contributed by atoms with E-state index in [1.165, 1.54) is 41.8 Å². The van der Waals surface area contributed by atoms with E-state index >= 15 is 0 Å². The van der Waals surface area contributed by atoms with E-state index in [0.717, 1.165) is 24.8 Å². The maximum absolute atomic E-state index is 12.1. The average molecular weight is 389 g/mol. The molecule has 0 heterocycles. The van der Waals surface area contributed by atoms with Gasteiger partial charge in [-0.3, -0.25) is 9.59 Å². The van der Waals surface area contributed by atoms with Crippen LogP contribution in [0.3, 0.4) is 0 Å². The molecule has 0 aliphatic heterocycles. The van der Waals surface area contributed by atoms with Gasteiger partial charge >= 0.3 is 12.6 Å². The van der Waals surface area contributed by atoms with Gasteiger partial charge in [0.15, 0.2) is 6.61 Å². The number of hydrogen-bond acceptors (Lipinski definition) is 4. The molecule has 0 radical (unpaired) electrons. The molecule has 0 saturated carbocycles. The van der Waals surface area contributed by atoms with Gasteiger partial charge in [-0.25, -0.2) is 0 Å². The molecule has 2 aromatic carbocycles. The van der Waals surface area contributed by atoms with E-state index in [9.17, 15) is 18.4 Å². The largest absolute Gasteiger partial charge is 0.455 e. The fraction of sp³-hybridized carbons (Fsp3) is 0.333. The Balaban J connectivity index is 1.44. The molecule has 3 rings (SSSR count). The van der Waals surface area contributed by atoms with Crippen LogP contribution in [0.25, 0.3) is 0 Å². The number of alkyl halides is 2. The van der Waals surface area contributed by atoms with E-state index in [1.54, 1.807) is 0 Å². The Morgan fingerprint density at radius 2 is 1.71 bits per heavy atom. The van der Waals surface area contributed by atoms with Crippen molar-refractivity contribution >= 4 is 17.6 Å². The van der Waals surface area contributed by atoms with Crippen molar-refractivity contribution in [1.82, 2.24) is 0 Å². The zero-order valence-electron chi connectivity index (χ0n) is 15.3. The lowest BCUT2D eigenvalue weighted by molar-refractivity contribution is -0.146. The van der Waals surface area contributed by atoms with Crippen LogP contribution < -0.4 is 10.1 Å². The Bertz CT molecular complexity index is 837. The fourth-order valence-corrected chi connectivity index (χ4v) is 3.18. The lowest BCUT2D eigenvalue weighted by atomic mass is 9.90. The molecular formula is C21H21F2NO4. The van der Waals surface area contributed by atoms with Crippen molar-refractivity contribution < 1.29 is 27.8 Å². The summed E-state index contributed by atoms with van der Waals surface area (Å²) in [6, 6.07) is 11.5. The summed E-state index contributed by atoms with van der Waals surface area (Å²) in [4.78, 5) is 23.9. The Hall–Kier alpha value is -2.96. The number of nitrogens with one attached hydrogen (secondary N) is 1. The van der Waals surface area contributed by atoms with E-state index < -0.39 is 25.1 Å². The van der Waals surface area contributed by atoms with E-state index in [0.29, 0.717) is 5.69 Å². The number of anilines is 1. The van der Waals surface area contributed by atoms with Gasteiger partial charge in [0.1, 0.15) is 5.75 Å². The standard InChI is InChI=1S/C21H21F2NO4/c22-21(23)28-18-9-7-17(8-10-18)24-19(25)13-27-20(26)12-14-5-6-15-3-1-2-4-16(15)11-14/h5-11,21H,1-4,12-13H2,(H,24,25). The van der Waals surface area contributed by atoms with Crippen LogP contribution in [0.5, 0.6) is 5.75 Å². The van der Waals surface area contributed by atoms with Crippen molar-refractivity contribution in [1.29, 1.82) is 0 Å². The van der Waals surface area contributed by atoms with Crippen molar-refractivity contribution in [3.05, 3.63) is 59.2 Å². The molecule has 5 nitrogen and oxygen atoms in total. The second kappa shape index (κ2) is 9.30. The number of aryl methyl sites for hydroxylation is 2. The predicted molar refractivity (Wildman–Crippen MR) is 99.5 cm³/mol. The van der Waals surface area contributed by atoms with Crippen LogP contribution in [0, 0.1) is 0 Å². The smallest absolute Gasteiger partial charge is 0.387 e. The highest BCUT2D eigenvalue weighted by atomic mass is 19.3. The van der Waals surface area contributed by atoms with Gasteiger partial charge in [-0.15, -0.1) is 0 Å². The van der Waals surface area contributed by atoms with Gasteiger partial charge in [-0.1, -0.05) is 18.2 Å². The van der Waals surface area contributed by atoms with Crippen LogP contribution in [0.15, 0.2) is 42.5 Å². The number of carbonyl (C=O) groups excluding carboxylic acids is 2. The van der Waals surface area contributed by atoms with Crippen LogP contribution in [0.1, 0.15) is 29.5 Å². The van der Waals surface area contributed by atoms with Crippen molar-refractivity contribution in [2.45, 2.75) is 38.7 Å². The average Bonchev–Trinajstić information content (AvgIpc) is 2.67. The van der Waals surface area contributed by atoms with Crippen LogP contribution in [0.4, 0.5) is 14.5 Å². The first-order chi connectivity index (χ1) is 13.5. The molecule has 1 aliphatic carbocycles. The van der Waals surface area contributed by atoms with Crippen molar-refractivity contribution in [3.63, 3.8) is 0 Å². The highest BCUT2D eigenvalue weighted by Crippen LogP contribution is 2.22. The Kier molecular flexibility index (Phi) is 6.57. The number of halogens is 2. The first-order valence-corrected chi connectivity index (χ1v) is 9.10. The maximum atomic E-state index is 12.1. The fourth-order valence-electron chi connectivity index (χ4n) is 3.18. The van der Waals surface area contributed by atoms with Gasteiger partial charge in [0.25, 0.3) is 5.91 Å². The Morgan fingerprint density at radius 3 is 2.43 bits per heavy atom. The lowest BCUT2D eigenvalue weighted by Crippen LogP contribution is -2.21. The molecule has 28 heavy (non-hydrogen) atoms. The number of ether oxygens (including phenoxy) is 2. The summed E-state index contributed by atoms with van der Waals surface area (Å²) in [5.41, 5.74) is 3.89. The molecule has 0 unspecified atom stereocenters. The molecule has 1 aliphatic rings. The summed E-state index contributed by atoms with van der Waals surface area (Å²) in [6.07, 6.45) is 4.58. The second-order valence-corrected chi connectivity index (χ2v) is 6.60. The minimum Gasteiger partial charge on any atom is -0.455 e. The van der Waals surface area contributed by atoms with Crippen molar-refractivity contribution in [2.24, 2.45) is 0 Å². The van der Waals surface area contributed by atoms with Gasteiger partial charge < -0.3 is 14.8 Å². The monoisotopic (exact) mass is 389 g/mol. The van der Waals surface area contributed by atoms with Crippen LogP contribution >= 0.6 is 0 Å². The summed E-state index contributed by atoms with van der Waals surface area (Å²) in [5.74, 6) is -1.00. The second-order valence-electron chi connectivity index (χ2n) is 6.60. The Labute approximate surface area is 161 Å². The van der Waals surface area contributed by atoms with Crippen LogP contribution in [-0.4, -0.2) is 25.1 Å². The quantitative estimate of drug-likeness (QED) is 0.730. The van der Waals surface area contributed by atoms with Gasteiger partial charge in [0, 0.05) is 5.69 Å². The topological polar surface area (TPSA) is 64.6 Å². The zero-order valence-corrected chi connectivity index (χ0v) is 15.3. The van der Waals surface area contributed by atoms with Crippen molar-refractivity contribution in [2.75, 3.05) is 11.9 Å². The van der Waals surface area contributed by atoms with E-state index in [2.05, 4.69) is 16.1 Å². The summed E-state index contributed by atoms with van der Waals surface area (Å²) < 4.78 is 33.5. The first-order valence-electron chi connectivity index (χ1n) is 9.10. The molecule has 2 aromatic rings. The molecule has 7 heteroatoms. The van der Waals surface area contributed by atoms with Gasteiger partial charge in [0.05, 0.1) is 6.42 Å². The highest BCUT2D eigenvalue weighted by molar-refractivity contribution is 5.92. The number of hydrogen-bond donors (Lipinski definition) is 1. The number of amides is 1. The van der Waals surface area contributed by atoms with Gasteiger partial charge in [-0.2, -0.15) is 8.78 Å². The van der Waals surface area contributed by atoms with E-state index in [1.807, 2.05) is 12.1 Å². The minimum absolute atomic E-state index is 0.00974. The molecule has 0 spiro atoms. The highest BCUT2D eigenvalue weighted by Gasteiger charge is 2.13. The summed E-state index contributed by atoms with van der Waals surface area (Å²) in [7, 11) is 0. The third kappa shape index (κ3) is 5.77. The molecule has 0 atom stereocenters. The summed E-state index contributed by atoms with van der Waals surface area (Å²) in [5, 5.41) is 2.52. The molecule has 1 N–H and O–H groups in total. The number of fused-ring (bicyclic) bond motifs is 1. The Morgan fingerprint density at radius 1 is 1.00 bits per heavy atom. The lowest BCUT2D eigenvalue weighted by Gasteiger charge is -2.16. The molecule has 0 fully saturated rings. The molecule has 1 amide bonds.